The molecule has 0 amide bonds. The van der Waals surface area contributed by atoms with Gasteiger partial charge in [-0.25, -0.2) is 0 Å². The maximum absolute atomic E-state index is 9.34. The van der Waals surface area contributed by atoms with E-state index in [1.165, 1.54) is 0 Å². The van der Waals surface area contributed by atoms with Crippen molar-refractivity contribution in [1.29, 1.82) is 5.26 Å². The van der Waals surface area contributed by atoms with Crippen molar-refractivity contribution in [3.63, 3.8) is 0 Å². The standard InChI is InChI=1S/C14H20N2S/c1-5-11(3)16(6-2)13-8-7-9-14(17-4)12(13)10-15/h7-9,11H,5-6H2,1-4H3. The third kappa shape index (κ3) is 2.95. The van der Waals surface area contributed by atoms with E-state index >= 15 is 0 Å². The first kappa shape index (κ1) is 13.9. The first-order valence-electron chi connectivity index (χ1n) is 6.03. The molecule has 1 aromatic rings. The highest BCUT2D eigenvalue weighted by atomic mass is 32.2. The summed E-state index contributed by atoms with van der Waals surface area (Å²) in [7, 11) is 0. The van der Waals surface area contributed by atoms with Crippen LogP contribution in [-0.4, -0.2) is 18.8 Å². The van der Waals surface area contributed by atoms with Crippen molar-refractivity contribution in [1.82, 2.24) is 0 Å². The highest BCUT2D eigenvalue weighted by Gasteiger charge is 2.16. The van der Waals surface area contributed by atoms with E-state index in [9.17, 15) is 5.26 Å². The number of nitriles is 1. The molecule has 0 aliphatic rings. The minimum atomic E-state index is 0.462. The SMILES string of the molecule is CCC(C)N(CC)c1cccc(SC)c1C#N. The van der Waals surface area contributed by atoms with Gasteiger partial charge in [-0.05, 0) is 38.7 Å². The fourth-order valence-electron chi connectivity index (χ4n) is 1.98. The fourth-order valence-corrected chi connectivity index (χ4v) is 2.55. The molecule has 3 heteroatoms. The van der Waals surface area contributed by atoms with Gasteiger partial charge in [-0.2, -0.15) is 5.26 Å². The number of thioether (sulfide) groups is 1. The Morgan fingerprint density at radius 2 is 2.12 bits per heavy atom. The van der Waals surface area contributed by atoms with Crippen molar-refractivity contribution >= 4 is 17.4 Å². The summed E-state index contributed by atoms with van der Waals surface area (Å²) in [6, 6.07) is 8.90. The molecule has 0 aliphatic heterocycles. The van der Waals surface area contributed by atoms with Gasteiger partial charge in [0.1, 0.15) is 6.07 Å². The molecule has 17 heavy (non-hydrogen) atoms. The molecule has 0 fully saturated rings. The third-order valence-corrected chi connectivity index (χ3v) is 3.89. The van der Waals surface area contributed by atoms with E-state index in [0.717, 1.165) is 29.1 Å². The predicted octanol–water partition coefficient (Wildman–Crippen LogP) is 3.90. The molecule has 0 spiro atoms. The lowest BCUT2D eigenvalue weighted by Gasteiger charge is -2.30. The average molecular weight is 248 g/mol. The predicted molar refractivity (Wildman–Crippen MR) is 75.7 cm³/mol. The number of anilines is 1. The van der Waals surface area contributed by atoms with E-state index in [4.69, 9.17) is 0 Å². The Kier molecular flexibility index (Phi) is 5.37. The van der Waals surface area contributed by atoms with Gasteiger partial charge >= 0.3 is 0 Å². The maximum atomic E-state index is 9.34. The van der Waals surface area contributed by atoms with E-state index in [0.29, 0.717) is 6.04 Å². The molecule has 2 nitrogen and oxygen atoms in total. The van der Waals surface area contributed by atoms with Crippen LogP contribution in [0.15, 0.2) is 23.1 Å². The van der Waals surface area contributed by atoms with Crippen molar-refractivity contribution in [2.24, 2.45) is 0 Å². The highest BCUT2D eigenvalue weighted by Crippen LogP contribution is 2.30. The molecule has 0 heterocycles. The minimum Gasteiger partial charge on any atom is -0.368 e. The second-order valence-corrected chi connectivity index (χ2v) is 4.86. The van der Waals surface area contributed by atoms with E-state index in [2.05, 4.69) is 31.7 Å². The number of rotatable bonds is 5. The van der Waals surface area contributed by atoms with Crippen molar-refractivity contribution in [2.45, 2.75) is 38.1 Å². The molecule has 0 N–H and O–H groups in total. The first-order chi connectivity index (χ1) is 8.19. The minimum absolute atomic E-state index is 0.462. The van der Waals surface area contributed by atoms with Crippen molar-refractivity contribution in [2.75, 3.05) is 17.7 Å². The van der Waals surface area contributed by atoms with Crippen molar-refractivity contribution < 1.29 is 0 Å². The monoisotopic (exact) mass is 248 g/mol. The molecule has 0 saturated carbocycles. The van der Waals surface area contributed by atoms with Gasteiger partial charge < -0.3 is 4.90 Å². The van der Waals surface area contributed by atoms with Crippen LogP contribution in [0.25, 0.3) is 0 Å². The topological polar surface area (TPSA) is 27.0 Å². The van der Waals surface area contributed by atoms with Gasteiger partial charge in [0.25, 0.3) is 0 Å². The Balaban J connectivity index is 3.24. The smallest absolute Gasteiger partial charge is 0.103 e. The van der Waals surface area contributed by atoms with Crippen LogP contribution in [-0.2, 0) is 0 Å². The summed E-state index contributed by atoms with van der Waals surface area (Å²) in [6.07, 6.45) is 3.10. The lowest BCUT2D eigenvalue weighted by Crippen LogP contribution is -2.32. The van der Waals surface area contributed by atoms with Gasteiger partial charge in [0.15, 0.2) is 0 Å². The Hall–Kier alpha value is -1.14. The van der Waals surface area contributed by atoms with Crippen LogP contribution in [0.4, 0.5) is 5.69 Å². The van der Waals surface area contributed by atoms with E-state index in [1.54, 1.807) is 11.8 Å². The molecule has 0 bridgehead atoms. The quantitative estimate of drug-likeness (QED) is 0.739. The van der Waals surface area contributed by atoms with E-state index in [1.807, 2.05) is 24.5 Å². The molecule has 1 atom stereocenters. The number of hydrogen-bond acceptors (Lipinski definition) is 3. The Morgan fingerprint density at radius 3 is 2.59 bits per heavy atom. The normalized spacial score (nSPS) is 11.9. The zero-order chi connectivity index (χ0) is 12.8. The molecule has 92 valence electrons. The van der Waals surface area contributed by atoms with Gasteiger partial charge in [-0.15, -0.1) is 11.8 Å². The summed E-state index contributed by atoms with van der Waals surface area (Å²) >= 11 is 1.63. The van der Waals surface area contributed by atoms with Gasteiger partial charge in [-0.3, -0.25) is 0 Å². The molecule has 0 radical (unpaired) electrons. The molecule has 0 saturated heterocycles. The van der Waals surface area contributed by atoms with Crippen LogP contribution in [0, 0.1) is 11.3 Å². The number of nitrogens with zero attached hydrogens (tertiary/aromatic N) is 2. The Morgan fingerprint density at radius 1 is 1.41 bits per heavy atom. The van der Waals surface area contributed by atoms with Gasteiger partial charge in [0, 0.05) is 17.5 Å². The van der Waals surface area contributed by atoms with Gasteiger partial charge in [0.2, 0.25) is 0 Å². The largest absolute Gasteiger partial charge is 0.368 e. The zero-order valence-corrected chi connectivity index (χ0v) is 11.8. The van der Waals surface area contributed by atoms with Crippen molar-refractivity contribution in [3.05, 3.63) is 23.8 Å². The third-order valence-electron chi connectivity index (χ3n) is 3.11. The number of hydrogen-bond donors (Lipinski definition) is 0. The summed E-state index contributed by atoms with van der Waals surface area (Å²) in [4.78, 5) is 3.37. The average Bonchev–Trinajstić information content (AvgIpc) is 2.38. The summed E-state index contributed by atoms with van der Waals surface area (Å²) in [5, 5.41) is 9.34. The molecular weight excluding hydrogens is 228 g/mol. The van der Waals surface area contributed by atoms with Crippen LogP contribution in [0.3, 0.4) is 0 Å². The molecule has 0 aromatic heterocycles. The summed E-state index contributed by atoms with van der Waals surface area (Å²) in [5.74, 6) is 0. The molecule has 1 aromatic carbocycles. The maximum Gasteiger partial charge on any atom is 0.103 e. The molecule has 0 aliphatic carbocycles. The zero-order valence-electron chi connectivity index (χ0n) is 11.0. The van der Waals surface area contributed by atoms with Crippen LogP contribution in [0.2, 0.25) is 0 Å². The van der Waals surface area contributed by atoms with Crippen molar-refractivity contribution in [3.8, 4) is 6.07 Å². The molecular formula is C14H20N2S. The molecule has 1 unspecified atom stereocenters. The lowest BCUT2D eigenvalue weighted by molar-refractivity contribution is 0.629. The van der Waals surface area contributed by atoms with Gasteiger partial charge in [0.05, 0.1) is 11.3 Å². The number of benzene rings is 1. The van der Waals surface area contributed by atoms with Gasteiger partial charge in [-0.1, -0.05) is 13.0 Å². The van der Waals surface area contributed by atoms with E-state index < -0.39 is 0 Å². The van der Waals surface area contributed by atoms with Crippen LogP contribution in [0.1, 0.15) is 32.8 Å². The summed E-state index contributed by atoms with van der Waals surface area (Å²) in [6.45, 7) is 7.45. The second-order valence-electron chi connectivity index (χ2n) is 4.01. The fraction of sp³-hybridized carbons (Fsp3) is 0.500. The van der Waals surface area contributed by atoms with Crippen LogP contribution >= 0.6 is 11.8 Å². The lowest BCUT2D eigenvalue weighted by atomic mass is 10.1. The molecule has 1 rings (SSSR count). The highest BCUT2D eigenvalue weighted by molar-refractivity contribution is 7.98. The summed E-state index contributed by atoms with van der Waals surface area (Å²) < 4.78 is 0. The Bertz CT molecular complexity index is 409. The first-order valence-corrected chi connectivity index (χ1v) is 7.25. The van der Waals surface area contributed by atoms with E-state index in [-0.39, 0.29) is 0 Å². The Labute approximate surface area is 109 Å². The summed E-state index contributed by atoms with van der Waals surface area (Å²) in [5.41, 5.74) is 1.87. The second kappa shape index (κ2) is 6.56. The van der Waals surface area contributed by atoms with Crippen LogP contribution < -0.4 is 4.90 Å². The van der Waals surface area contributed by atoms with Crippen LogP contribution in [0.5, 0.6) is 0 Å².